The maximum Gasteiger partial charge on any atom is 0.257 e. The van der Waals surface area contributed by atoms with Crippen molar-refractivity contribution in [3.05, 3.63) is 81.8 Å². The van der Waals surface area contributed by atoms with Crippen molar-refractivity contribution in [1.82, 2.24) is 15.3 Å². The minimum absolute atomic E-state index is 0.185. The number of nitrogens with one attached hydrogen (secondary N) is 3. The molecule has 4 rings (SSSR count). The van der Waals surface area contributed by atoms with Crippen LogP contribution >= 0.6 is 23.2 Å². The van der Waals surface area contributed by atoms with E-state index in [1.807, 2.05) is 24.3 Å². The number of benzene rings is 3. The van der Waals surface area contributed by atoms with Crippen LogP contribution in [0.1, 0.15) is 29.8 Å². The molecule has 4 aromatic rings. The third-order valence-electron chi connectivity index (χ3n) is 6.04. The van der Waals surface area contributed by atoms with Crippen molar-refractivity contribution in [2.45, 2.75) is 20.4 Å². The molecule has 0 radical (unpaired) electrons. The van der Waals surface area contributed by atoms with Crippen molar-refractivity contribution in [2.24, 2.45) is 5.41 Å². The summed E-state index contributed by atoms with van der Waals surface area (Å²) in [4.78, 5) is 34.7. The normalized spacial score (nSPS) is 11.3. The zero-order valence-electron chi connectivity index (χ0n) is 21.1. The molecule has 2 amide bonds. The van der Waals surface area contributed by atoms with Crippen LogP contribution in [0, 0.1) is 5.41 Å². The minimum atomic E-state index is -0.912. The van der Waals surface area contributed by atoms with Gasteiger partial charge in [0, 0.05) is 30.2 Å². The first kappa shape index (κ1) is 27.3. The number of fused-ring (bicyclic) bond motifs is 1. The van der Waals surface area contributed by atoms with E-state index in [9.17, 15) is 14.7 Å². The van der Waals surface area contributed by atoms with Gasteiger partial charge in [0.2, 0.25) is 5.91 Å². The first-order valence-electron chi connectivity index (χ1n) is 11.9. The highest BCUT2D eigenvalue weighted by Gasteiger charge is 2.26. The van der Waals surface area contributed by atoms with Gasteiger partial charge in [-0.25, -0.2) is 9.97 Å². The number of anilines is 2. The van der Waals surface area contributed by atoms with Gasteiger partial charge in [0.1, 0.15) is 5.82 Å². The Labute approximate surface area is 230 Å². The van der Waals surface area contributed by atoms with Gasteiger partial charge in [-0.05, 0) is 61.9 Å². The van der Waals surface area contributed by atoms with Gasteiger partial charge in [-0.2, -0.15) is 0 Å². The lowest BCUT2D eigenvalue weighted by molar-refractivity contribution is -0.131. The molecule has 10 heteroatoms. The molecular formula is C28H27Cl2N5O3. The van der Waals surface area contributed by atoms with E-state index in [-0.39, 0.29) is 29.6 Å². The van der Waals surface area contributed by atoms with Gasteiger partial charge in [0.05, 0.1) is 33.1 Å². The highest BCUT2D eigenvalue weighted by molar-refractivity contribution is 6.34. The minimum Gasteiger partial charge on any atom is -0.395 e. The van der Waals surface area contributed by atoms with Crippen LogP contribution in [-0.2, 0) is 11.3 Å². The summed E-state index contributed by atoms with van der Waals surface area (Å²) in [6.07, 6.45) is 0. The second-order valence-corrected chi connectivity index (χ2v) is 10.2. The highest BCUT2D eigenvalue weighted by atomic mass is 35.5. The Hall–Kier alpha value is -3.72. The van der Waals surface area contributed by atoms with Crippen molar-refractivity contribution in [3.8, 4) is 11.4 Å². The lowest BCUT2D eigenvalue weighted by Gasteiger charge is -2.20. The number of carbonyl (C=O) groups is 2. The molecule has 196 valence electrons. The summed E-state index contributed by atoms with van der Waals surface area (Å²) < 4.78 is 0. The van der Waals surface area contributed by atoms with Crippen molar-refractivity contribution >= 4 is 57.4 Å². The van der Waals surface area contributed by atoms with Gasteiger partial charge >= 0.3 is 0 Å². The van der Waals surface area contributed by atoms with E-state index < -0.39 is 11.3 Å². The number of hydrogen-bond donors (Lipinski definition) is 4. The first-order valence-corrected chi connectivity index (χ1v) is 12.6. The van der Waals surface area contributed by atoms with Crippen LogP contribution in [0.25, 0.3) is 22.3 Å². The molecule has 0 unspecified atom stereocenters. The van der Waals surface area contributed by atoms with Crippen LogP contribution in [-0.4, -0.2) is 40.5 Å². The molecule has 0 aliphatic carbocycles. The number of rotatable bonds is 8. The molecule has 8 nitrogen and oxygen atoms in total. The Kier molecular flexibility index (Phi) is 8.16. The van der Waals surface area contributed by atoms with Crippen molar-refractivity contribution < 1.29 is 14.7 Å². The van der Waals surface area contributed by atoms with E-state index in [4.69, 9.17) is 23.2 Å². The van der Waals surface area contributed by atoms with Gasteiger partial charge in [0.25, 0.3) is 5.91 Å². The Balaban J connectivity index is 1.59. The molecule has 0 saturated carbocycles. The SMILES string of the molecule is CNc1nc(-c2ccccc2Cl)nc2cc(NC(=O)c3cc(CNC(=O)C(C)(C)CO)ccc3Cl)ccc12. The van der Waals surface area contributed by atoms with E-state index in [1.54, 1.807) is 57.3 Å². The number of halogens is 2. The van der Waals surface area contributed by atoms with Crippen LogP contribution in [0.3, 0.4) is 0 Å². The predicted octanol–water partition coefficient (Wildman–Crippen LogP) is 5.53. The van der Waals surface area contributed by atoms with E-state index in [1.165, 1.54) is 0 Å². The summed E-state index contributed by atoms with van der Waals surface area (Å²) in [5, 5.41) is 19.7. The fraction of sp³-hybridized carbons (Fsp3) is 0.214. The number of aliphatic hydroxyl groups is 1. The summed E-state index contributed by atoms with van der Waals surface area (Å²) in [5.74, 6) is 0.381. The van der Waals surface area contributed by atoms with Crippen molar-refractivity contribution in [3.63, 3.8) is 0 Å². The molecule has 0 aliphatic rings. The van der Waals surface area contributed by atoms with Crippen LogP contribution in [0.4, 0.5) is 11.5 Å². The summed E-state index contributed by atoms with van der Waals surface area (Å²) >= 11 is 12.7. The van der Waals surface area contributed by atoms with Crippen molar-refractivity contribution in [2.75, 3.05) is 24.3 Å². The largest absolute Gasteiger partial charge is 0.395 e. The number of carbonyl (C=O) groups excluding carboxylic acids is 2. The number of nitrogens with zero attached hydrogens (tertiary/aromatic N) is 2. The molecule has 1 aromatic heterocycles. The molecule has 4 N–H and O–H groups in total. The quantitative estimate of drug-likeness (QED) is 0.228. The van der Waals surface area contributed by atoms with Crippen LogP contribution < -0.4 is 16.0 Å². The Bertz CT molecular complexity index is 1520. The molecule has 0 saturated heterocycles. The second-order valence-electron chi connectivity index (χ2n) is 9.35. The predicted molar refractivity (Wildman–Crippen MR) is 152 cm³/mol. The zero-order valence-corrected chi connectivity index (χ0v) is 22.6. The van der Waals surface area contributed by atoms with Crippen LogP contribution in [0.15, 0.2) is 60.7 Å². The zero-order chi connectivity index (χ0) is 27.4. The Morgan fingerprint density at radius 1 is 0.974 bits per heavy atom. The third kappa shape index (κ3) is 5.88. The fourth-order valence-corrected chi connectivity index (χ4v) is 4.13. The fourth-order valence-electron chi connectivity index (χ4n) is 3.71. The lowest BCUT2D eigenvalue weighted by atomic mass is 9.93. The second kappa shape index (κ2) is 11.3. The average Bonchev–Trinajstić information content (AvgIpc) is 2.91. The summed E-state index contributed by atoms with van der Waals surface area (Å²) in [6, 6.07) is 17.6. The Morgan fingerprint density at radius 2 is 1.74 bits per heavy atom. The third-order valence-corrected chi connectivity index (χ3v) is 6.70. The van der Waals surface area contributed by atoms with Gasteiger partial charge < -0.3 is 21.1 Å². The van der Waals surface area contributed by atoms with E-state index in [0.717, 1.165) is 5.39 Å². The first-order chi connectivity index (χ1) is 18.1. The van der Waals surface area contributed by atoms with Gasteiger partial charge in [-0.1, -0.05) is 41.4 Å². The monoisotopic (exact) mass is 551 g/mol. The van der Waals surface area contributed by atoms with E-state index in [2.05, 4.69) is 25.9 Å². The number of aliphatic hydroxyl groups excluding tert-OH is 1. The number of hydrogen-bond acceptors (Lipinski definition) is 6. The number of amides is 2. The standard InChI is InChI=1S/C28H27Cl2N5O3/c1-28(2,15-36)27(38)32-14-16-8-11-22(30)20(12-16)26(37)33-17-9-10-19-23(13-17)34-25(35-24(19)31-3)18-6-4-5-7-21(18)29/h4-13,36H,14-15H2,1-3H3,(H,32,38)(H,33,37)(H,31,34,35). The molecule has 0 bridgehead atoms. The molecule has 1 heterocycles. The van der Waals surface area contributed by atoms with E-state index >= 15 is 0 Å². The number of aromatic nitrogens is 2. The Morgan fingerprint density at radius 3 is 2.45 bits per heavy atom. The van der Waals surface area contributed by atoms with Crippen LogP contribution in [0.5, 0.6) is 0 Å². The lowest BCUT2D eigenvalue weighted by Crippen LogP contribution is -2.38. The highest BCUT2D eigenvalue weighted by Crippen LogP contribution is 2.30. The van der Waals surface area contributed by atoms with Crippen molar-refractivity contribution in [1.29, 1.82) is 0 Å². The molecular weight excluding hydrogens is 525 g/mol. The molecule has 0 atom stereocenters. The molecule has 0 aliphatic heterocycles. The average molecular weight is 552 g/mol. The molecule has 38 heavy (non-hydrogen) atoms. The van der Waals surface area contributed by atoms with Gasteiger partial charge in [-0.3, -0.25) is 9.59 Å². The summed E-state index contributed by atoms with van der Waals surface area (Å²) in [7, 11) is 1.77. The molecule has 0 spiro atoms. The van der Waals surface area contributed by atoms with Gasteiger partial charge in [-0.15, -0.1) is 0 Å². The molecule has 3 aromatic carbocycles. The summed E-state index contributed by atoms with van der Waals surface area (Å²) in [5.41, 5.74) is 1.87. The van der Waals surface area contributed by atoms with Crippen LogP contribution in [0.2, 0.25) is 10.0 Å². The maximum absolute atomic E-state index is 13.1. The maximum atomic E-state index is 13.1. The summed E-state index contributed by atoms with van der Waals surface area (Å²) in [6.45, 7) is 3.20. The topological polar surface area (TPSA) is 116 Å². The molecule has 0 fully saturated rings. The smallest absolute Gasteiger partial charge is 0.257 e. The van der Waals surface area contributed by atoms with E-state index in [0.29, 0.717) is 39.0 Å². The van der Waals surface area contributed by atoms with Gasteiger partial charge in [0.15, 0.2) is 5.82 Å².